The number of benzene rings is 1. The second kappa shape index (κ2) is 3.80. The predicted octanol–water partition coefficient (Wildman–Crippen LogP) is 1.87. The molecule has 1 aromatic carbocycles. The van der Waals surface area contributed by atoms with E-state index in [1.807, 2.05) is 17.0 Å². The van der Waals surface area contributed by atoms with E-state index < -0.39 is 0 Å². The summed E-state index contributed by atoms with van der Waals surface area (Å²) in [6.07, 6.45) is 0.900. The van der Waals surface area contributed by atoms with Crippen LogP contribution in [0.2, 0.25) is 0 Å². The Bertz CT molecular complexity index is 573. The second-order valence-electron chi connectivity index (χ2n) is 4.35. The number of aromatic amines is 1. The Labute approximate surface area is 99.6 Å². The van der Waals surface area contributed by atoms with Gasteiger partial charge in [0.05, 0.1) is 0 Å². The van der Waals surface area contributed by atoms with E-state index in [0.29, 0.717) is 6.54 Å². The maximum atomic E-state index is 11.6. The van der Waals surface area contributed by atoms with Crippen LogP contribution in [-0.2, 0) is 13.0 Å². The molecule has 1 aliphatic rings. The first-order valence-electron chi connectivity index (χ1n) is 5.84. The minimum absolute atomic E-state index is 0.000862. The van der Waals surface area contributed by atoms with Crippen LogP contribution in [-0.4, -0.2) is 29.5 Å². The number of carbonyl (C=O) groups excluding carboxylic acids is 1. The van der Waals surface area contributed by atoms with Crippen LogP contribution in [0.25, 0.3) is 10.9 Å². The Morgan fingerprint density at radius 1 is 1.41 bits per heavy atom. The largest absolute Gasteiger partial charge is 0.358 e. The lowest BCUT2D eigenvalue weighted by Crippen LogP contribution is -2.41. The lowest BCUT2D eigenvalue weighted by molar-refractivity contribution is 0.195. The summed E-state index contributed by atoms with van der Waals surface area (Å²) < 4.78 is 0. The standard InChI is InChI=1S/C13H15N3O/c1-14-13(17)16-7-6-12-10(8-16)9-4-2-3-5-11(9)15-12/h2-5,15H,6-8H2,1H3,(H,14,17). The lowest BCUT2D eigenvalue weighted by atomic mass is 10.1. The van der Waals surface area contributed by atoms with Crippen LogP contribution in [0.3, 0.4) is 0 Å². The Morgan fingerprint density at radius 3 is 3.06 bits per heavy atom. The van der Waals surface area contributed by atoms with Crippen LogP contribution in [0.15, 0.2) is 24.3 Å². The number of urea groups is 1. The molecule has 0 unspecified atom stereocenters. The van der Waals surface area contributed by atoms with E-state index in [2.05, 4.69) is 22.4 Å². The highest BCUT2D eigenvalue weighted by atomic mass is 16.2. The summed E-state index contributed by atoms with van der Waals surface area (Å²) >= 11 is 0. The van der Waals surface area contributed by atoms with Crippen LogP contribution in [0.4, 0.5) is 4.79 Å². The van der Waals surface area contributed by atoms with Crippen molar-refractivity contribution in [2.75, 3.05) is 13.6 Å². The summed E-state index contributed by atoms with van der Waals surface area (Å²) in [5, 5.41) is 3.92. The van der Waals surface area contributed by atoms with Gasteiger partial charge >= 0.3 is 6.03 Å². The predicted molar refractivity (Wildman–Crippen MR) is 66.9 cm³/mol. The fourth-order valence-corrected chi connectivity index (χ4v) is 2.50. The van der Waals surface area contributed by atoms with Gasteiger partial charge in [0, 0.05) is 48.7 Å². The van der Waals surface area contributed by atoms with E-state index in [0.717, 1.165) is 18.5 Å². The fraction of sp³-hybridized carbons (Fsp3) is 0.308. The molecule has 0 bridgehead atoms. The SMILES string of the molecule is CNC(=O)N1CCc2[nH]c3ccccc3c2C1. The maximum absolute atomic E-state index is 11.6. The highest BCUT2D eigenvalue weighted by Crippen LogP contribution is 2.27. The molecule has 2 heterocycles. The summed E-state index contributed by atoms with van der Waals surface area (Å²) in [5.41, 5.74) is 3.69. The van der Waals surface area contributed by atoms with Crippen molar-refractivity contribution in [2.45, 2.75) is 13.0 Å². The Hall–Kier alpha value is -1.97. The average Bonchev–Trinajstić information content (AvgIpc) is 2.75. The topological polar surface area (TPSA) is 48.1 Å². The van der Waals surface area contributed by atoms with Crippen LogP contribution < -0.4 is 5.32 Å². The van der Waals surface area contributed by atoms with Crippen molar-refractivity contribution in [3.63, 3.8) is 0 Å². The van der Waals surface area contributed by atoms with Gasteiger partial charge in [0.25, 0.3) is 0 Å². The summed E-state index contributed by atoms with van der Waals surface area (Å²) in [6, 6.07) is 8.26. The first kappa shape index (κ1) is 10.2. The minimum Gasteiger partial charge on any atom is -0.358 e. The molecule has 4 heteroatoms. The summed E-state index contributed by atoms with van der Waals surface area (Å²) in [5.74, 6) is 0. The van der Waals surface area contributed by atoms with Crippen LogP contribution in [0.5, 0.6) is 0 Å². The van der Waals surface area contributed by atoms with Gasteiger partial charge in [0.2, 0.25) is 0 Å². The quantitative estimate of drug-likeness (QED) is 0.711. The summed E-state index contributed by atoms with van der Waals surface area (Å²) in [6.45, 7) is 1.47. The zero-order chi connectivity index (χ0) is 11.8. The Balaban J connectivity index is 2.03. The van der Waals surface area contributed by atoms with Crippen LogP contribution in [0.1, 0.15) is 11.3 Å². The van der Waals surface area contributed by atoms with E-state index in [-0.39, 0.29) is 6.03 Å². The van der Waals surface area contributed by atoms with Crippen molar-refractivity contribution in [3.8, 4) is 0 Å². The molecule has 0 fully saturated rings. The lowest BCUT2D eigenvalue weighted by Gasteiger charge is -2.26. The normalized spacial score (nSPS) is 14.8. The molecule has 2 aromatic rings. The summed E-state index contributed by atoms with van der Waals surface area (Å²) in [4.78, 5) is 16.9. The van der Waals surface area contributed by atoms with E-state index in [4.69, 9.17) is 0 Å². The Morgan fingerprint density at radius 2 is 2.24 bits per heavy atom. The van der Waals surface area contributed by atoms with Gasteiger partial charge in [0.15, 0.2) is 0 Å². The number of nitrogens with zero attached hydrogens (tertiary/aromatic N) is 1. The highest BCUT2D eigenvalue weighted by Gasteiger charge is 2.22. The molecule has 17 heavy (non-hydrogen) atoms. The van der Waals surface area contributed by atoms with Crippen molar-refractivity contribution in [3.05, 3.63) is 35.5 Å². The molecule has 88 valence electrons. The van der Waals surface area contributed by atoms with Gasteiger partial charge < -0.3 is 15.2 Å². The van der Waals surface area contributed by atoms with Gasteiger partial charge in [0.1, 0.15) is 0 Å². The number of para-hydroxylation sites is 1. The van der Waals surface area contributed by atoms with Crippen molar-refractivity contribution in [1.29, 1.82) is 0 Å². The third-order valence-corrected chi connectivity index (χ3v) is 3.38. The molecule has 0 radical (unpaired) electrons. The number of rotatable bonds is 0. The van der Waals surface area contributed by atoms with Crippen LogP contribution in [0, 0.1) is 0 Å². The molecule has 4 nitrogen and oxygen atoms in total. The Kier molecular flexibility index (Phi) is 2.28. The molecule has 0 spiro atoms. The number of H-pyrrole nitrogens is 1. The van der Waals surface area contributed by atoms with Crippen molar-refractivity contribution in [2.24, 2.45) is 0 Å². The van der Waals surface area contributed by atoms with Crippen molar-refractivity contribution in [1.82, 2.24) is 15.2 Å². The van der Waals surface area contributed by atoms with Gasteiger partial charge in [-0.25, -0.2) is 4.79 Å². The molecule has 1 aliphatic heterocycles. The number of nitrogens with one attached hydrogen (secondary N) is 2. The molecule has 0 saturated heterocycles. The maximum Gasteiger partial charge on any atom is 0.317 e. The molecule has 0 aliphatic carbocycles. The average molecular weight is 229 g/mol. The molecule has 0 atom stereocenters. The second-order valence-corrected chi connectivity index (χ2v) is 4.35. The van der Waals surface area contributed by atoms with Gasteiger partial charge in [-0.15, -0.1) is 0 Å². The first-order chi connectivity index (χ1) is 8.29. The molecule has 0 saturated carbocycles. The zero-order valence-corrected chi connectivity index (χ0v) is 9.79. The van der Waals surface area contributed by atoms with Crippen molar-refractivity contribution < 1.29 is 4.79 Å². The van der Waals surface area contributed by atoms with E-state index >= 15 is 0 Å². The van der Waals surface area contributed by atoms with Gasteiger partial charge in [-0.05, 0) is 6.07 Å². The smallest absolute Gasteiger partial charge is 0.317 e. The third-order valence-electron chi connectivity index (χ3n) is 3.38. The molecular formula is C13H15N3O. The van der Waals surface area contributed by atoms with E-state index in [1.54, 1.807) is 7.05 Å². The molecule has 3 rings (SSSR count). The first-order valence-corrected chi connectivity index (χ1v) is 5.84. The number of aromatic nitrogens is 1. The molecule has 2 amide bonds. The third kappa shape index (κ3) is 1.56. The van der Waals surface area contributed by atoms with Gasteiger partial charge in [-0.1, -0.05) is 18.2 Å². The zero-order valence-electron chi connectivity index (χ0n) is 9.79. The number of fused-ring (bicyclic) bond motifs is 3. The molecular weight excluding hydrogens is 214 g/mol. The van der Waals surface area contributed by atoms with E-state index in [1.165, 1.54) is 16.6 Å². The van der Waals surface area contributed by atoms with Crippen molar-refractivity contribution >= 4 is 16.9 Å². The minimum atomic E-state index is 0.000862. The summed E-state index contributed by atoms with van der Waals surface area (Å²) in [7, 11) is 1.67. The highest BCUT2D eigenvalue weighted by molar-refractivity contribution is 5.85. The number of amides is 2. The van der Waals surface area contributed by atoms with Crippen LogP contribution >= 0.6 is 0 Å². The number of carbonyl (C=O) groups is 1. The van der Waals surface area contributed by atoms with Gasteiger partial charge in [-0.2, -0.15) is 0 Å². The molecule has 2 N–H and O–H groups in total. The fourth-order valence-electron chi connectivity index (χ4n) is 2.50. The monoisotopic (exact) mass is 229 g/mol. The van der Waals surface area contributed by atoms with Gasteiger partial charge in [-0.3, -0.25) is 0 Å². The number of hydrogen-bond donors (Lipinski definition) is 2. The number of hydrogen-bond acceptors (Lipinski definition) is 1. The van der Waals surface area contributed by atoms with E-state index in [9.17, 15) is 4.79 Å². The molecule has 1 aromatic heterocycles.